The normalized spacial score (nSPS) is 12.0. The fourth-order valence-corrected chi connectivity index (χ4v) is 2.33. The SMILES string of the molecule is Cc1ccc(NC(C)C(=O)c2cc(C)cc(C)c2)cc1. The first kappa shape index (κ1) is 14.3. The number of anilines is 1. The summed E-state index contributed by atoms with van der Waals surface area (Å²) in [5.74, 6) is 0.123. The van der Waals surface area contributed by atoms with E-state index in [4.69, 9.17) is 0 Å². The molecule has 0 radical (unpaired) electrons. The van der Waals surface area contributed by atoms with Gasteiger partial charge >= 0.3 is 0 Å². The highest BCUT2D eigenvalue weighted by Crippen LogP contribution is 2.15. The second-order valence-corrected chi connectivity index (χ2v) is 5.47. The molecule has 0 aliphatic carbocycles. The number of aryl methyl sites for hydroxylation is 3. The van der Waals surface area contributed by atoms with Crippen LogP contribution in [0.15, 0.2) is 42.5 Å². The second kappa shape index (κ2) is 5.91. The van der Waals surface area contributed by atoms with Gasteiger partial charge in [0.05, 0.1) is 6.04 Å². The molecule has 2 aromatic carbocycles. The Morgan fingerprint density at radius 2 is 1.45 bits per heavy atom. The Morgan fingerprint density at radius 3 is 2.00 bits per heavy atom. The molecule has 2 heteroatoms. The summed E-state index contributed by atoms with van der Waals surface area (Å²) in [4.78, 5) is 12.5. The number of carbonyl (C=O) groups is 1. The maximum absolute atomic E-state index is 12.5. The van der Waals surface area contributed by atoms with Crippen LogP contribution in [0.3, 0.4) is 0 Å². The molecular weight excluding hydrogens is 246 g/mol. The number of ketones is 1. The van der Waals surface area contributed by atoms with E-state index in [0.717, 1.165) is 22.4 Å². The Hall–Kier alpha value is -2.09. The first-order valence-electron chi connectivity index (χ1n) is 6.91. The van der Waals surface area contributed by atoms with Crippen molar-refractivity contribution in [2.45, 2.75) is 33.7 Å². The molecule has 0 saturated heterocycles. The van der Waals surface area contributed by atoms with Gasteiger partial charge in [0.1, 0.15) is 0 Å². The molecule has 1 N–H and O–H groups in total. The van der Waals surface area contributed by atoms with Crippen molar-refractivity contribution in [2.75, 3.05) is 5.32 Å². The van der Waals surface area contributed by atoms with E-state index in [-0.39, 0.29) is 11.8 Å². The molecule has 0 aromatic heterocycles. The Kier molecular flexibility index (Phi) is 4.23. The van der Waals surface area contributed by atoms with Gasteiger partial charge in [0.2, 0.25) is 0 Å². The lowest BCUT2D eigenvalue weighted by atomic mass is 10.0. The highest BCUT2D eigenvalue weighted by Gasteiger charge is 2.15. The van der Waals surface area contributed by atoms with Gasteiger partial charge in [-0.3, -0.25) is 4.79 Å². The summed E-state index contributed by atoms with van der Waals surface area (Å²) in [5.41, 5.74) is 5.20. The van der Waals surface area contributed by atoms with Gasteiger partial charge in [-0.25, -0.2) is 0 Å². The smallest absolute Gasteiger partial charge is 0.184 e. The Bertz CT molecular complexity index is 594. The van der Waals surface area contributed by atoms with Crippen LogP contribution in [0.25, 0.3) is 0 Å². The van der Waals surface area contributed by atoms with Crippen LogP contribution in [-0.4, -0.2) is 11.8 Å². The lowest BCUT2D eigenvalue weighted by Crippen LogP contribution is -2.26. The average Bonchev–Trinajstić information content (AvgIpc) is 2.39. The van der Waals surface area contributed by atoms with Gasteiger partial charge in [-0.15, -0.1) is 0 Å². The van der Waals surface area contributed by atoms with E-state index in [9.17, 15) is 4.79 Å². The number of rotatable bonds is 4. The summed E-state index contributed by atoms with van der Waals surface area (Å²) < 4.78 is 0. The first-order valence-corrected chi connectivity index (χ1v) is 6.91. The summed E-state index contributed by atoms with van der Waals surface area (Å²) in [6.07, 6.45) is 0. The molecule has 0 amide bonds. The molecule has 1 atom stereocenters. The minimum atomic E-state index is -0.237. The molecule has 2 aromatic rings. The first-order chi connectivity index (χ1) is 9.45. The number of hydrogen-bond acceptors (Lipinski definition) is 2. The van der Waals surface area contributed by atoms with Gasteiger partial charge in [-0.1, -0.05) is 34.9 Å². The quantitative estimate of drug-likeness (QED) is 0.837. The predicted molar refractivity (Wildman–Crippen MR) is 84.5 cm³/mol. The second-order valence-electron chi connectivity index (χ2n) is 5.47. The van der Waals surface area contributed by atoms with Crippen LogP contribution in [0, 0.1) is 20.8 Å². The minimum absolute atomic E-state index is 0.123. The zero-order valence-corrected chi connectivity index (χ0v) is 12.5. The van der Waals surface area contributed by atoms with Crippen molar-refractivity contribution in [3.63, 3.8) is 0 Å². The van der Waals surface area contributed by atoms with Crippen LogP contribution < -0.4 is 5.32 Å². The Morgan fingerprint density at radius 1 is 0.900 bits per heavy atom. The van der Waals surface area contributed by atoms with E-state index in [1.54, 1.807) is 0 Å². The van der Waals surface area contributed by atoms with Crippen molar-refractivity contribution in [3.05, 3.63) is 64.7 Å². The van der Waals surface area contributed by atoms with Crippen LogP contribution in [0.5, 0.6) is 0 Å². The molecule has 0 aliphatic heterocycles. The number of Topliss-reactive ketones (excluding diaryl/α,β-unsaturated/α-hetero) is 1. The van der Waals surface area contributed by atoms with E-state index < -0.39 is 0 Å². The Balaban J connectivity index is 2.14. The van der Waals surface area contributed by atoms with Crippen molar-refractivity contribution in [3.8, 4) is 0 Å². The summed E-state index contributed by atoms with van der Waals surface area (Å²) in [5, 5.41) is 3.26. The van der Waals surface area contributed by atoms with Crippen LogP contribution in [0.2, 0.25) is 0 Å². The molecule has 104 valence electrons. The molecule has 0 heterocycles. The number of nitrogens with one attached hydrogen (secondary N) is 1. The van der Waals surface area contributed by atoms with Crippen LogP contribution in [0.4, 0.5) is 5.69 Å². The van der Waals surface area contributed by atoms with E-state index in [1.807, 2.05) is 64.1 Å². The molecule has 0 bridgehead atoms. The van der Waals surface area contributed by atoms with Crippen molar-refractivity contribution in [2.24, 2.45) is 0 Å². The molecule has 0 aliphatic rings. The van der Waals surface area contributed by atoms with Crippen molar-refractivity contribution >= 4 is 11.5 Å². The summed E-state index contributed by atoms with van der Waals surface area (Å²) >= 11 is 0. The van der Waals surface area contributed by atoms with Crippen LogP contribution in [0.1, 0.15) is 34.0 Å². The third-order valence-electron chi connectivity index (χ3n) is 3.33. The zero-order chi connectivity index (χ0) is 14.7. The molecule has 20 heavy (non-hydrogen) atoms. The van der Waals surface area contributed by atoms with Crippen LogP contribution >= 0.6 is 0 Å². The van der Waals surface area contributed by atoms with E-state index >= 15 is 0 Å². The van der Waals surface area contributed by atoms with E-state index in [2.05, 4.69) is 11.4 Å². The van der Waals surface area contributed by atoms with E-state index in [1.165, 1.54) is 5.56 Å². The number of benzene rings is 2. The van der Waals surface area contributed by atoms with Gasteiger partial charge < -0.3 is 5.32 Å². The topological polar surface area (TPSA) is 29.1 Å². The zero-order valence-electron chi connectivity index (χ0n) is 12.5. The molecule has 2 rings (SSSR count). The molecule has 1 unspecified atom stereocenters. The Labute approximate surface area is 120 Å². The third-order valence-corrected chi connectivity index (χ3v) is 3.33. The standard InChI is InChI=1S/C18H21NO/c1-12-5-7-17(8-6-12)19-15(4)18(20)16-10-13(2)9-14(3)11-16/h5-11,15,19H,1-4H3. The number of hydrogen-bond donors (Lipinski definition) is 1. The van der Waals surface area contributed by atoms with Crippen molar-refractivity contribution < 1.29 is 4.79 Å². The lowest BCUT2D eigenvalue weighted by molar-refractivity contribution is 0.0975. The van der Waals surface area contributed by atoms with Gasteiger partial charge in [0.25, 0.3) is 0 Å². The molecule has 2 nitrogen and oxygen atoms in total. The molecule has 0 saturated carbocycles. The maximum atomic E-state index is 12.5. The molecular formula is C18H21NO. The van der Waals surface area contributed by atoms with Gasteiger partial charge in [-0.05, 0) is 52.0 Å². The van der Waals surface area contributed by atoms with Crippen LogP contribution in [-0.2, 0) is 0 Å². The minimum Gasteiger partial charge on any atom is -0.375 e. The summed E-state index contributed by atoms with van der Waals surface area (Å²) in [6, 6.07) is 13.8. The highest BCUT2D eigenvalue weighted by molar-refractivity contribution is 6.01. The largest absolute Gasteiger partial charge is 0.375 e. The maximum Gasteiger partial charge on any atom is 0.184 e. The average molecular weight is 267 g/mol. The lowest BCUT2D eigenvalue weighted by Gasteiger charge is -2.15. The van der Waals surface area contributed by atoms with E-state index in [0.29, 0.717) is 0 Å². The highest BCUT2D eigenvalue weighted by atomic mass is 16.1. The number of carbonyl (C=O) groups excluding carboxylic acids is 1. The summed E-state index contributed by atoms with van der Waals surface area (Å²) in [7, 11) is 0. The van der Waals surface area contributed by atoms with Gasteiger partial charge in [-0.2, -0.15) is 0 Å². The van der Waals surface area contributed by atoms with Crippen molar-refractivity contribution in [1.29, 1.82) is 0 Å². The fourth-order valence-electron chi connectivity index (χ4n) is 2.33. The molecule has 0 fully saturated rings. The third kappa shape index (κ3) is 3.47. The molecule has 0 spiro atoms. The monoisotopic (exact) mass is 267 g/mol. The summed E-state index contributed by atoms with van der Waals surface area (Å²) in [6.45, 7) is 7.98. The van der Waals surface area contributed by atoms with Crippen molar-refractivity contribution in [1.82, 2.24) is 0 Å². The fraction of sp³-hybridized carbons (Fsp3) is 0.278. The van der Waals surface area contributed by atoms with Gasteiger partial charge in [0.15, 0.2) is 5.78 Å². The predicted octanol–water partition coefficient (Wildman–Crippen LogP) is 4.30. The van der Waals surface area contributed by atoms with Gasteiger partial charge in [0, 0.05) is 11.3 Å².